The number of nitrogens with zero attached hydrogens (tertiary/aromatic N) is 3. The fourth-order valence-corrected chi connectivity index (χ4v) is 3.25. The molecule has 27 heavy (non-hydrogen) atoms. The summed E-state index contributed by atoms with van der Waals surface area (Å²) in [5.41, 5.74) is 2.86. The van der Waals surface area contributed by atoms with Crippen LogP contribution in [0.1, 0.15) is 42.7 Å². The summed E-state index contributed by atoms with van der Waals surface area (Å²) in [7, 11) is 0. The highest BCUT2D eigenvalue weighted by molar-refractivity contribution is 5.92. The van der Waals surface area contributed by atoms with E-state index < -0.39 is 0 Å². The third-order valence-electron chi connectivity index (χ3n) is 4.54. The van der Waals surface area contributed by atoms with E-state index in [-0.39, 0.29) is 5.91 Å². The maximum Gasteiger partial charge on any atom is 0.272 e. The highest BCUT2D eigenvalue weighted by Crippen LogP contribution is 2.18. The van der Waals surface area contributed by atoms with Gasteiger partial charge in [-0.1, -0.05) is 32.0 Å². The summed E-state index contributed by atoms with van der Waals surface area (Å²) in [5.74, 6) is 0.655. The van der Waals surface area contributed by atoms with Crippen LogP contribution in [0.5, 0.6) is 0 Å². The van der Waals surface area contributed by atoms with Gasteiger partial charge in [0, 0.05) is 42.8 Å². The SMILES string of the molecule is CCCN(CCC)C(=O)c1cc(NCCc2c[nH]c3ccccc23)ncn1. The maximum absolute atomic E-state index is 12.7. The standard InChI is InChI=1S/C21H27N5O/c1-3-11-26(12-4-2)21(27)19-13-20(25-15-24-19)22-10-9-16-14-23-18-8-6-5-7-17(16)18/h5-8,13-15,23H,3-4,9-12H2,1-2H3,(H,22,24,25). The molecule has 0 unspecified atom stereocenters. The van der Waals surface area contributed by atoms with Crippen LogP contribution in [0.4, 0.5) is 5.82 Å². The number of fused-ring (bicyclic) bond motifs is 1. The second kappa shape index (κ2) is 9.16. The van der Waals surface area contributed by atoms with Gasteiger partial charge in [-0.3, -0.25) is 4.79 Å². The molecule has 0 aliphatic heterocycles. The molecule has 0 atom stereocenters. The number of hydrogen-bond donors (Lipinski definition) is 2. The number of aromatic amines is 1. The molecule has 3 rings (SSSR count). The average molecular weight is 365 g/mol. The molecule has 0 bridgehead atoms. The van der Waals surface area contributed by atoms with Gasteiger partial charge in [0.1, 0.15) is 17.8 Å². The molecule has 2 heterocycles. The van der Waals surface area contributed by atoms with E-state index in [0.29, 0.717) is 11.5 Å². The van der Waals surface area contributed by atoms with Crippen molar-refractivity contribution >= 4 is 22.6 Å². The quantitative estimate of drug-likeness (QED) is 0.604. The first-order valence-corrected chi connectivity index (χ1v) is 9.63. The molecule has 142 valence electrons. The molecule has 3 aromatic rings. The van der Waals surface area contributed by atoms with Crippen molar-refractivity contribution in [3.63, 3.8) is 0 Å². The lowest BCUT2D eigenvalue weighted by atomic mass is 10.1. The Morgan fingerprint density at radius 3 is 2.70 bits per heavy atom. The van der Waals surface area contributed by atoms with E-state index in [9.17, 15) is 4.79 Å². The summed E-state index contributed by atoms with van der Waals surface area (Å²) in [6.07, 6.45) is 6.25. The first-order valence-electron chi connectivity index (χ1n) is 9.63. The van der Waals surface area contributed by atoms with Gasteiger partial charge in [-0.05, 0) is 30.9 Å². The number of carbonyl (C=O) groups is 1. The normalized spacial score (nSPS) is 10.9. The highest BCUT2D eigenvalue weighted by Gasteiger charge is 2.16. The topological polar surface area (TPSA) is 73.9 Å². The highest BCUT2D eigenvalue weighted by atomic mass is 16.2. The molecule has 2 aromatic heterocycles. The van der Waals surface area contributed by atoms with Crippen LogP contribution in [0.15, 0.2) is 42.9 Å². The number of carbonyl (C=O) groups excluding carboxylic acids is 1. The molecule has 2 N–H and O–H groups in total. The van der Waals surface area contributed by atoms with Crippen molar-refractivity contribution in [1.82, 2.24) is 19.9 Å². The molecule has 1 aromatic carbocycles. The first-order chi connectivity index (χ1) is 13.2. The first kappa shape index (κ1) is 18.9. The summed E-state index contributed by atoms with van der Waals surface area (Å²) in [5, 5.41) is 4.55. The molecule has 6 heteroatoms. The third kappa shape index (κ3) is 4.64. The molecule has 0 saturated heterocycles. The van der Waals surface area contributed by atoms with Gasteiger partial charge in [0.15, 0.2) is 0 Å². The van der Waals surface area contributed by atoms with E-state index in [1.54, 1.807) is 6.07 Å². The van der Waals surface area contributed by atoms with E-state index in [1.165, 1.54) is 17.3 Å². The van der Waals surface area contributed by atoms with Crippen molar-refractivity contribution in [2.24, 2.45) is 0 Å². The van der Waals surface area contributed by atoms with Crippen LogP contribution in [0.3, 0.4) is 0 Å². The second-order valence-electron chi connectivity index (χ2n) is 6.62. The molecule has 0 aliphatic rings. The number of nitrogens with one attached hydrogen (secondary N) is 2. The van der Waals surface area contributed by atoms with Crippen LogP contribution in [0.25, 0.3) is 10.9 Å². The Morgan fingerprint density at radius 1 is 1.15 bits per heavy atom. The van der Waals surface area contributed by atoms with Gasteiger partial charge in [-0.25, -0.2) is 9.97 Å². The number of para-hydroxylation sites is 1. The average Bonchev–Trinajstić information content (AvgIpc) is 3.11. The molecular weight excluding hydrogens is 338 g/mol. The summed E-state index contributed by atoms with van der Waals surface area (Å²) in [6, 6.07) is 10.0. The minimum atomic E-state index is -0.0271. The lowest BCUT2D eigenvalue weighted by Gasteiger charge is -2.21. The Hall–Kier alpha value is -2.89. The third-order valence-corrected chi connectivity index (χ3v) is 4.54. The predicted molar refractivity (Wildman–Crippen MR) is 109 cm³/mol. The van der Waals surface area contributed by atoms with Crippen LogP contribution in [-0.2, 0) is 6.42 Å². The number of hydrogen-bond acceptors (Lipinski definition) is 4. The van der Waals surface area contributed by atoms with Crippen molar-refractivity contribution in [1.29, 1.82) is 0 Å². The number of anilines is 1. The van der Waals surface area contributed by atoms with Crippen LogP contribution < -0.4 is 5.32 Å². The minimum absolute atomic E-state index is 0.0271. The van der Waals surface area contributed by atoms with Crippen molar-refractivity contribution in [3.05, 3.63) is 54.1 Å². The predicted octanol–water partition coefficient (Wildman–Crippen LogP) is 3.87. The van der Waals surface area contributed by atoms with Gasteiger partial charge in [-0.15, -0.1) is 0 Å². The van der Waals surface area contributed by atoms with E-state index in [1.807, 2.05) is 17.0 Å². The van der Waals surface area contributed by atoms with Crippen molar-refractivity contribution in [2.75, 3.05) is 25.0 Å². The van der Waals surface area contributed by atoms with Crippen molar-refractivity contribution < 1.29 is 4.79 Å². The zero-order valence-corrected chi connectivity index (χ0v) is 16.0. The minimum Gasteiger partial charge on any atom is -0.370 e. The van der Waals surface area contributed by atoms with Gasteiger partial charge in [0.05, 0.1) is 0 Å². The van der Waals surface area contributed by atoms with E-state index >= 15 is 0 Å². The van der Waals surface area contributed by atoms with E-state index in [2.05, 4.69) is 52.4 Å². The Bertz CT molecular complexity index is 883. The van der Waals surface area contributed by atoms with Crippen molar-refractivity contribution in [2.45, 2.75) is 33.1 Å². The maximum atomic E-state index is 12.7. The van der Waals surface area contributed by atoms with Gasteiger partial charge >= 0.3 is 0 Å². The molecular formula is C21H27N5O. The zero-order valence-electron chi connectivity index (χ0n) is 16.0. The Labute approximate surface area is 160 Å². The van der Waals surface area contributed by atoms with Crippen LogP contribution in [-0.4, -0.2) is 45.4 Å². The van der Waals surface area contributed by atoms with Gasteiger partial charge in [0.25, 0.3) is 5.91 Å². The number of benzene rings is 1. The van der Waals surface area contributed by atoms with Crippen LogP contribution in [0, 0.1) is 0 Å². The number of rotatable bonds is 9. The molecule has 1 amide bonds. The summed E-state index contributed by atoms with van der Waals surface area (Å²) >= 11 is 0. The fourth-order valence-electron chi connectivity index (χ4n) is 3.25. The van der Waals surface area contributed by atoms with Crippen molar-refractivity contribution in [3.8, 4) is 0 Å². The fraction of sp³-hybridized carbons (Fsp3) is 0.381. The van der Waals surface area contributed by atoms with E-state index in [4.69, 9.17) is 0 Å². The Balaban J connectivity index is 1.62. The molecule has 0 fully saturated rings. The molecule has 0 spiro atoms. The van der Waals surface area contributed by atoms with Gasteiger partial charge < -0.3 is 15.2 Å². The monoisotopic (exact) mass is 365 g/mol. The molecule has 0 radical (unpaired) electrons. The largest absolute Gasteiger partial charge is 0.370 e. The number of amides is 1. The van der Waals surface area contributed by atoms with Gasteiger partial charge in [0.2, 0.25) is 0 Å². The summed E-state index contributed by atoms with van der Waals surface area (Å²) in [4.78, 5) is 26.3. The molecule has 6 nitrogen and oxygen atoms in total. The van der Waals surface area contributed by atoms with Crippen LogP contribution >= 0.6 is 0 Å². The Kier molecular flexibility index (Phi) is 6.41. The number of H-pyrrole nitrogens is 1. The zero-order chi connectivity index (χ0) is 19.1. The van der Waals surface area contributed by atoms with E-state index in [0.717, 1.165) is 44.4 Å². The van der Waals surface area contributed by atoms with Gasteiger partial charge in [-0.2, -0.15) is 0 Å². The lowest BCUT2D eigenvalue weighted by molar-refractivity contribution is 0.0749. The second-order valence-corrected chi connectivity index (χ2v) is 6.62. The molecule has 0 saturated carbocycles. The number of aromatic nitrogens is 3. The van der Waals surface area contributed by atoms with Crippen LogP contribution in [0.2, 0.25) is 0 Å². The molecule has 0 aliphatic carbocycles. The summed E-state index contributed by atoms with van der Waals surface area (Å²) < 4.78 is 0. The lowest BCUT2D eigenvalue weighted by Crippen LogP contribution is -2.33. The smallest absolute Gasteiger partial charge is 0.272 e. The summed E-state index contributed by atoms with van der Waals surface area (Å²) in [6.45, 7) is 6.39. The Morgan fingerprint density at radius 2 is 1.93 bits per heavy atom.